The Labute approximate surface area is 107 Å². The minimum Gasteiger partial charge on any atom is -0.508 e. The van der Waals surface area contributed by atoms with Crippen molar-refractivity contribution in [3.8, 4) is 0 Å². The van der Waals surface area contributed by atoms with Crippen molar-refractivity contribution in [3.63, 3.8) is 0 Å². The summed E-state index contributed by atoms with van der Waals surface area (Å²) in [6, 6.07) is 17.4. The highest BCUT2D eigenvalue weighted by atomic mass is 16.3. The molecule has 0 aliphatic rings. The first-order valence-corrected chi connectivity index (χ1v) is 5.99. The van der Waals surface area contributed by atoms with Crippen LogP contribution in [0.2, 0.25) is 0 Å². The van der Waals surface area contributed by atoms with E-state index in [1.54, 1.807) is 6.07 Å². The van der Waals surface area contributed by atoms with Gasteiger partial charge in [-0.3, -0.25) is 0 Å². The Kier molecular flexibility index (Phi) is 3.68. The van der Waals surface area contributed by atoms with Crippen molar-refractivity contribution in [2.75, 3.05) is 5.73 Å². The zero-order valence-electron chi connectivity index (χ0n) is 10.4. The van der Waals surface area contributed by atoms with Gasteiger partial charge in [-0.25, -0.2) is 0 Å². The minimum atomic E-state index is 0.144. The number of hydrogen-bond acceptors (Lipinski definition) is 2. The van der Waals surface area contributed by atoms with E-state index >= 15 is 0 Å². The minimum absolute atomic E-state index is 0.144. The second kappa shape index (κ2) is 5.41. The van der Waals surface area contributed by atoms with Crippen molar-refractivity contribution >= 4 is 11.4 Å². The molecule has 0 aromatic heterocycles. The highest BCUT2D eigenvalue weighted by molar-refractivity contribution is 5.70. The highest BCUT2D eigenvalue weighted by Crippen LogP contribution is 2.24. The number of benzene rings is 2. The van der Waals surface area contributed by atoms with Gasteiger partial charge in [0.15, 0.2) is 0 Å². The van der Waals surface area contributed by atoms with Gasteiger partial charge < -0.3 is 10.8 Å². The van der Waals surface area contributed by atoms with Crippen LogP contribution in [0.25, 0.3) is 5.76 Å². The Morgan fingerprint density at radius 3 is 2.33 bits per heavy atom. The van der Waals surface area contributed by atoms with Gasteiger partial charge in [-0.1, -0.05) is 49.4 Å². The fraction of sp³-hybridized carbons (Fsp3) is 0.125. The third-order valence-electron chi connectivity index (χ3n) is 2.97. The summed E-state index contributed by atoms with van der Waals surface area (Å²) in [6.45, 7) is 2.05. The van der Waals surface area contributed by atoms with Gasteiger partial charge >= 0.3 is 0 Å². The molecule has 92 valence electrons. The Morgan fingerprint density at radius 2 is 1.67 bits per heavy atom. The Balaban J connectivity index is 2.26. The first-order chi connectivity index (χ1) is 8.68. The topological polar surface area (TPSA) is 46.2 Å². The van der Waals surface area contributed by atoms with E-state index < -0.39 is 0 Å². The molecule has 18 heavy (non-hydrogen) atoms. The molecule has 0 saturated carbocycles. The number of aliphatic hydroxyl groups is 1. The second-order valence-corrected chi connectivity index (χ2v) is 4.34. The summed E-state index contributed by atoms with van der Waals surface area (Å²) in [5.74, 6) is 0.371. The first-order valence-electron chi connectivity index (χ1n) is 5.99. The van der Waals surface area contributed by atoms with E-state index in [1.807, 2.05) is 61.5 Å². The van der Waals surface area contributed by atoms with Crippen molar-refractivity contribution in [2.24, 2.45) is 0 Å². The molecule has 2 nitrogen and oxygen atoms in total. The molecule has 0 aliphatic heterocycles. The number of nitrogen functional groups attached to an aromatic ring is 1. The molecular formula is C16H17NO. The molecule has 0 amide bonds. The summed E-state index contributed by atoms with van der Waals surface area (Å²) in [6.07, 6.45) is 1.82. The van der Waals surface area contributed by atoms with E-state index in [2.05, 4.69) is 0 Å². The quantitative estimate of drug-likeness (QED) is 0.628. The molecule has 1 atom stereocenters. The summed E-state index contributed by atoms with van der Waals surface area (Å²) >= 11 is 0. The highest BCUT2D eigenvalue weighted by Gasteiger charge is 2.07. The number of rotatable bonds is 3. The molecule has 0 fully saturated rings. The number of aliphatic hydroxyl groups excluding tert-OH is 1. The number of para-hydroxylation sites is 1. The number of hydrogen-bond donors (Lipinski definition) is 2. The van der Waals surface area contributed by atoms with Gasteiger partial charge in [0.1, 0.15) is 5.76 Å². The van der Waals surface area contributed by atoms with E-state index in [-0.39, 0.29) is 11.7 Å². The van der Waals surface area contributed by atoms with Gasteiger partial charge in [0, 0.05) is 17.2 Å². The molecule has 2 aromatic carbocycles. The molecule has 2 aromatic rings. The zero-order chi connectivity index (χ0) is 13.0. The average Bonchev–Trinajstić information content (AvgIpc) is 2.40. The van der Waals surface area contributed by atoms with E-state index in [0.717, 1.165) is 0 Å². The fourth-order valence-electron chi connectivity index (χ4n) is 1.91. The van der Waals surface area contributed by atoms with Crippen LogP contribution in [0.5, 0.6) is 0 Å². The summed E-state index contributed by atoms with van der Waals surface area (Å²) in [4.78, 5) is 0. The van der Waals surface area contributed by atoms with Gasteiger partial charge in [-0.15, -0.1) is 0 Å². The number of anilines is 1. The third kappa shape index (κ3) is 2.72. The number of nitrogens with two attached hydrogens (primary N) is 1. The van der Waals surface area contributed by atoms with Gasteiger partial charge in [0.25, 0.3) is 0 Å². The smallest absolute Gasteiger partial charge is 0.121 e. The van der Waals surface area contributed by atoms with Crippen molar-refractivity contribution in [1.29, 1.82) is 0 Å². The van der Waals surface area contributed by atoms with Crippen molar-refractivity contribution in [3.05, 3.63) is 71.8 Å². The van der Waals surface area contributed by atoms with Crippen LogP contribution in [0, 0.1) is 0 Å². The fourth-order valence-corrected chi connectivity index (χ4v) is 1.91. The predicted molar refractivity (Wildman–Crippen MR) is 76.3 cm³/mol. The number of allylic oxidation sites excluding steroid dienone is 1. The first kappa shape index (κ1) is 12.2. The zero-order valence-corrected chi connectivity index (χ0v) is 10.4. The van der Waals surface area contributed by atoms with E-state index in [1.165, 1.54) is 5.56 Å². The Morgan fingerprint density at radius 1 is 1.06 bits per heavy atom. The van der Waals surface area contributed by atoms with E-state index in [4.69, 9.17) is 5.73 Å². The van der Waals surface area contributed by atoms with Crippen LogP contribution in [0.1, 0.15) is 24.0 Å². The van der Waals surface area contributed by atoms with Gasteiger partial charge in [0.05, 0.1) is 0 Å². The van der Waals surface area contributed by atoms with Crippen LogP contribution in [-0.4, -0.2) is 5.11 Å². The molecule has 2 rings (SSSR count). The third-order valence-corrected chi connectivity index (χ3v) is 2.97. The monoisotopic (exact) mass is 239 g/mol. The Bertz CT molecular complexity index is 546. The lowest BCUT2D eigenvalue weighted by Gasteiger charge is -2.09. The average molecular weight is 239 g/mol. The maximum atomic E-state index is 10.1. The predicted octanol–water partition coefficient (Wildman–Crippen LogP) is 3.97. The molecule has 2 heteroatoms. The summed E-state index contributed by atoms with van der Waals surface area (Å²) in [7, 11) is 0. The molecular weight excluding hydrogens is 222 g/mol. The summed E-state index contributed by atoms with van der Waals surface area (Å²) in [5, 5.41) is 10.1. The molecule has 0 saturated heterocycles. The Hall–Kier alpha value is -2.22. The summed E-state index contributed by atoms with van der Waals surface area (Å²) in [5.41, 5.74) is 8.27. The molecule has 0 aliphatic carbocycles. The summed E-state index contributed by atoms with van der Waals surface area (Å²) < 4.78 is 0. The molecule has 0 radical (unpaired) electrons. The largest absolute Gasteiger partial charge is 0.508 e. The van der Waals surface area contributed by atoms with Crippen LogP contribution < -0.4 is 5.73 Å². The van der Waals surface area contributed by atoms with Crippen LogP contribution in [0.15, 0.2) is 60.7 Å². The lowest BCUT2D eigenvalue weighted by atomic mass is 9.99. The normalized spacial score (nSPS) is 13.3. The molecule has 3 N–H and O–H groups in total. The van der Waals surface area contributed by atoms with Crippen LogP contribution in [0.4, 0.5) is 5.69 Å². The molecule has 1 unspecified atom stereocenters. The van der Waals surface area contributed by atoms with Gasteiger partial charge in [0.2, 0.25) is 0 Å². The standard InChI is InChI=1S/C16H17NO/c1-12(13-7-3-2-4-8-13)11-16(18)14-9-5-6-10-15(14)17/h2-12,18H,17H2,1H3/b16-11+. The van der Waals surface area contributed by atoms with E-state index in [0.29, 0.717) is 11.3 Å². The van der Waals surface area contributed by atoms with Gasteiger partial charge in [-0.05, 0) is 23.8 Å². The van der Waals surface area contributed by atoms with Crippen LogP contribution >= 0.6 is 0 Å². The molecule has 0 bridgehead atoms. The van der Waals surface area contributed by atoms with E-state index in [9.17, 15) is 5.11 Å². The second-order valence-electron chi connectivity index (χ2n) is 4.34. The van der Waals surface area contributed by atoms with Crippen LogP contribution in [-0.2, 0) is 0 Å². The lowest BCUT2D eigenvalue weighted by Crippen LogP contribution is -1.95. The molecule has 0 heterocycles. The maximum Gasteiger partial charge on any atom is 0.121 e. The SMILES string of the molecule is CC(/C=C(/O)c1ccccc1N)c1ccccc1. The molecule has 0 spiro atoms. The van der Waals surface area contributed by atoms with Crippen LogP contribution in [0.3, 0.4) is 0 Å². The van der Waals surface area contributed by atoms with Crippen molar-refractivity contribution in [2.45, 2.75) is 12.8 Å². The lowest BCUT2D eigenvalue weighted by molar-refractivity contribution is 0.508. The van der Waals surface area contributed by atoms with Gasteiger partial charge in [-0.2, -0.15) is 0 Å². The van der Waals surface area contributed by atoms with Crippen molar-refractivity contribution in [1.82, 2.24) is 0 Å². The maximum absolute atomic E-state index is 10.1. The van der Waals surface area contributed by atoms with Crippen molar-refractivity contribution < 1.29 is 5.11 Å².